The summed E-state index contributed by atoms with van der Waals surface area (Å²) in [7, 11) is 0. The Labute approximate surface area is 153 Å². The zero-order valence-corrected chi connectivity index (χ0v) is 15.3. The van der Waals surface area contributed by atoms with Crippen LogP contribution in [0, 0.1) is 0 Å². The Kier molecular flexibility index (Phi) is 5.27. The van der Waals surface area contributed by atoms with E-state index in [2.05, 4.69) is 15.5 Å². The zero-order valence-electron chi connectivity index (χ0n) is 15.3. The smallest absolute Gasteiger partial charge is 0.325 e. The third-order valence-corrected chi connectivity index (χ3v) is 5.00. The van der Waals surface area contributed by atoms with Crippen LogP contribution in [0.25, 0.3) is 0 Å². The molecule has 140 valence electrons. The molecular formula is C19H26N4O3. The van der Waals surface area contributed by atoms with Gasteiger partial charge in [-0.25, -0.2) is 4.79 Å². The van der Waals surface area contributed by atoms with Gasteiger partial charge in [-0.3, -0.25) is 19.4 Å². The summed E-state index contributed by atoms with van der Waals surface area (Å²) in [5, 5.41) is 5.62. The molecule has 0 aliphatic carbocycles. The van der Waals surface area contributed by atoms with Crippen LogP contribution in [0.15, 0.2) is 30.3 Å². The van der Waals surface area contributed by atoms with E-state index in [0.29, 0.717) is 32.5 Å². The SMILES string of the molecule is CC1(C)NC(=O)N(CCCN2CCNC(=O)CC2c2ccccc2)C1=O. The lowest BCUT2D eigenvalue weighted by Crippen LogP contribution is -2.40. The highest BCUT2D eigenvalue weighted by Crippen LogP contribution is 2.26. The van der Waals surface area contributed by atoms with Crippen molar-refractivity contribution < 1.29 is 14.4 Å². The van der Waals surface area contributed by atoms with Crippen molar-refractivity contribution in [3.05, 3.63) is 35.9 Å². The number of hydrogen-bond acceptors (Lipinski definition) is 4. The van der Waals surface area contributed by atoms with E-state index in [1.165, 1.54) is 4.90 Å². The lowest BCUT2D eigenvalue weighted by atomic mass is 10.0. The third kappa shape index (κ3) is 3.88. The molecule has 4 amide bonds. The van der Waals surface area contributed by atoms with Gasteiger partial charge in [0.05, 0.1) is 0 Å². The van der Waals surface area contributed by atoms with Gasteiger partial charge in [-0.05, 0) is 25.8 Å². The molecule has 0 radical (unpaired) electrons. The van der Waals surface area contributed by atoms with Crippen LogP contribution in [0.1, 0.15) is 38.3 Å². The lowest BCUT2D eigenvalue weighted by Gasteiger charge is -2.29. The van der Waals surface area contributed by atoms with Crippen molar-refractivity contribution >= 4 is 17.8 Å². The molecule has 1 unspecified atom stereocenters. The Morgan fingerprint density at radius 1 is 1.12 bits per heavy atom. The molecule has 0 spiro atoms. The second-order valence-electron chi connectivity index (χ2n) is 7.38. The molecule has 0 aromatic heterocycles. The van der Waals surface area contributed by atoms with Crippen LogP contribution in [-0.2, 0) is 9.59 Å². The highest BCUT2D eigenvalue weighted by Gasteiger charge is 2.43. The highest BCUT2D eigenvalue weighted by molar-refractivity contribution is 6.06. The van der Waals surface area contributed by atoms with E-state index in [-0.39, 0.29) is 23.9 Å². The standard InChI is InChI=1S/C19H26N4O3/c1-19(2)17(25)23(18(26)21-19)11-6-10-22-12-9-20-16(24)13-15(22)14-7-4-3-5-8-14/h3-5,7-8,15H,6,9-13H2,1-2H3,(H,20,24)(H,21,26). The fraction of sp³-hybridized carbons (Fsp3) is 0.526. The predicted octanol–water partition coefficient (Wildman–Crippen LogP) is 1.27. The first-order valence-electron chi connectivity index (χ1n) is 9.08. The van der Waals surface area contributed by atoms with E-state index in [1.807, 2.05) is 30.3 Å². The van der Waals surface area contributed by atoms with Crippen LogP contribution in [0.4, 0.5) is 4.79 Å². The van der Waals surface area contributed by atoms with Gasteiger partial charge >= 0.3 is 6.03 Å². The van der Waals surface area contributed by atoms with Gasteiger partial charge in [0.25, 0.3) is 5.91 Å². The van der Waals surface area contributed by atoms with Gasteiger partial charge in [-0.2, -0.15) is 0 Å². The van der Waals surface area contributed by atoms with Crippen molar-refractivity contribution in [1.29, 1.82) is 0 Å². The average molecular weight is 358 g/mol. The minimum Gasteiger partial charge on any atom is -0.355 e. The summed E-state index contributed by atoms with van der Waals surface area (Å²) in [6.45, 7) is 5.88. The number of carbonyl (C=O) groups excluding carboxylic acids is 3. The number of imide groups is 1. The Balaban J connectivity index is 1.64. The number of amides is 4. The monoisotopic (exact) mass is 358 g/mol. The molecule has 7 nitrogen and oxygen atoms in total. The lowest BCUT2D eigenvalue weighted by molar-refractivity contribution is -0.130. The summed E-state index contributed by atoms with van der Waals surface area (Å²) in [4.78, 5) is 39.8. The number of carbonyl (C=O) groups is 3. The largest absolute Gasteiger partial charge is 0.355 e. The second-order valence-corrected chi connectivity index (χ2v) is 7.38. The van der Waals surface area contributed by atoms with Crippen LogP contribution in [0.3, 0.4) is 0 Å². The minimum atomic E-state index is -0.831. The Hall–Kier alpha value is -2.41. The first-order chi connectivity index (χ1) is 12.4. The van der Waals surface area contributed by atoms with Crippen molar-refractivity contribution in [2.24, 2.45) is 0 Å². The van der Waals surface area contributed by atoms with Gasteiger partial charge < -0.3 is 10.6 Å². The number of nitrogens with zero attached hydrogens (tertiary/aromatic N) is 2. The van der Waals surface area contributed by atoms with Gasteiger partial charge in [0.2, 0.25) is 5.91 Å². The molecule has 1 aromatic carbocycles. The van der Waals surface area contributed by atoms with E-state index in [1.54, 1.807) is 13.8 Å². The Morgan fingerprint density at radius 2 is 1.85 bits per heavy atom. The third-order valence-electron chi connectivity index (χ3n) is 5.00. The number of benzene rings is 1. The summed E-state index contributed by atoms with van der Waals surface area (Å²) in [6, 6.07) is 9.68. The molecule has 0 saturated carbocycles. The average Bonchev–Trinajstić information content (AvgIpc) is 2.74. The molecule has 3 rings (SSSR count). The maximum absolute atomic E-state index is 12.3. The topological polar surface area (TPSA) is 81.8 Å². The van der Waals surface area contributed by atoms with E-state index >= 15 is 0 Å². The first-order valence-corrected chi connectivity index (χ1v) is 9.08. The molecule has 2 saturated heterocycles. The second kappa shape index (κ2) is 7.45. The van der Waals surface area contributed by atoms with Crippen LogP contribution in [0.5, 0.6) is 0 Å². The number of urea groups is 1. The first kappa shape index (κ1) is 18.4. The van der Waals surface area contributed by atoms with E-state index in [4.69, 9.17) is 0 Å². The molecule has 1 aromatic rings. The van der Waals surface area contributed by atoms with Crippen LogP contribution < -0.4 is 10.6 Å². The van der Waals surface area contributed by atoms with Gasteiger partial charge in [0.1, 0.15) is 5.54 Å². The number of hydrogen-bond donors (Lipinski definition) is 2. The van der Waals surface area contributed by atoms with Crippen molar-refractivity contribution in [3.8, 4) is 0 Å². The molecule has 1 atom stereocenters. The Bertz CT molecular complexity index is 689. The molecule has 2 N–H and O–H groups in total. The summed E-state index contributed by atoms with van der Waals surface area (Å²) in [6.07, 6.45) is 1.09. The van der Waals surface area contributed by atoms with Crippen LogP contribution in [-0.4, -0.2) is 59.4 Å². The predicted molar refractivity (Wildman–Crippen MR) is 97.3 cm³/mol. The normalized spacial score (nSPS) is 23.5. The maximum atomic E-state index is 12.3. The quantitative estimate of drug-likeness (QED) is 0.777. The molecule has 7 heteroatoms. The maximum Gasteiger partial charge on any atom is 0.325 e. The molecule has 2 fully saturated rings. The summed E-state index contributed by atoms with van der Waals surface area (Å²) < 4.78 is 0. The van der Waals surface area contributed by atoms with Gasteiger partial charge in [0.15, 0.2) is 0 Å². The van der Waals surface area contributed by atoms with E-state index < -0.39 is 5.54 Å². The van der Waals surface area contributed by atoms with Gasteiger partial charge in [-0.15, -0.1) is 0 Å². The highest BCUT2D eigenvalue weighted by atomic mass is 16.2. The minimum absolute atomic E-state index is 0.0123. The van der Waals surface area contributed by atoms with Crippen molar-refractivity contribution in [1.82, 2.24) is 20.4 Å². The Morgan fingerprint density at radius 3 is 2.50 bits per heavy atom. The van der Waals surface area contributed by atoms with Crippen LogP contribution >= 0.6 is 0 Å². The van der Waals surface area contributed by atoms with Gasteiger partial charge in [0, 0.05) is 38.6 Å². The zero-order chi connectivity index (χ0) is 18.7. The van der Waals surface area contributed by atoms with Crippen molar-refractivity contribution in [2.45, 2.75) is 38.3 Å². The molecule has 2 aliphatic rings. The van der Waals surface area contributed by atoms with Crippen LogP contribution in [0.2, 0.25) is 0 Å². The molecule has 2 heterocycles. The summed E-state index contributed by atoms with van der Waals surface area (Å²) >= 11 is 0. The van der Waals surface area contributed by atoms with Crippen molar-refractivity contribution in [2.75, 3.05) is 26.2 Å². The molecule has 0 bridgehead atoms. The summed E-state index contributed by atoms with van der Waals surface area (Å²) in [5.74, 6) is -0.132. The molecule has 26 heavy (non-hydrogen) atoms. The summed E-state index contributed by atoms with van der Waals surface area (Å²) in [5.41, 5.74) is 0.281. The van der Waals surface area contributed by atoms with E-state index in [0.717, 1.165) is 12.1 Å². The number of rotatable bonds is 5. The molecule has 2 aliphatic heterocycles. The fourth-order valence-electron chi connectivity index (χ4n) is 3.60. The van der Waals surface area contributed by atoms with Crippen molar-refractivity contribution in [3.63, 3.8) is 0 Å². The molecular weight excluding hydrogens is 332 g/mol. The van der Waals surface area contributed by atoms with Gasteiger partial charge in [-0.1, -0.05) is 30.3 Å². The van der Waals surface area contributed by atoms with E-state index in [9.17, 15) is 14.4 Å². The number of nitrogens with one attached hydrogen (secondary N) is 2. The fourth-order valence-corrected chi connectivity index (χ4v) is 3.60.